The Bertz CT molecular complexity index is 848. The Balaban J connectivity index is 1.84. The van der Waals surface area contributed by atoms with Crippen molar-refractivity contribution in [3.8, 4) is 0 Å². The van der Waals surface area contributed by atoms with E-state index in [0.717, 1.165) is 6.07 Å². The number of pyridine rings is 1. The van der Waals surface area contributed by atoms with Gasteiger partial charge in [-0.3, -0.25) is 9.20 Å². The van der Waals surface area contributed by atoms with Gasteiger partial charge in [0.15, 0.2) is 11.5 Å². The molecule has 0 aliphatic heterocycles. The van der Waals surface area contributed by atoms with Crippen molar-refractivity contribution in [2.75, 3.05) is 0 Å². The summed E-state index contributed by atoms with van der Waals surface area (Å²) in [6.07, 6.45) is 1.80. The van der Waals surface area contributed by atoms with Crippen LogP contribution in [0.2, 0.25) is 5.02 Å². The Morgan fingerprint density at radius 1 is 1.32 bits per heavy atom. The number of nitrogens with zero attached hydrogens (tertiary/aromatic N) is 3. The van der Waals surface area contributed by atoms with E-state index in [2.05, 4.69) is 15.5 Å². The molecule has 5 nitrogen and oxygen atoms in total. The molecule has 1 N–H and O–H groups in total. The first-order valence-electron chi connectivity index (χ1n) is 6.62. The smallest absolute Gasteiger partial charge is 0.254 e. The number of hydrogen-bond donors (Lipinski definition) is 1. The molecule has 2 heterocycles. The highest BCUT2D eigenvalue weighted by Crippen LogP contribution is 2.17. The van der Waals surface area contributed by atoms with Crippen molar-refractivity contribution in [2.24, 2.45) is 0 Å². The Morgan fingerprint density at radius 2 is 2.14 bits per heavy atom. The number of carbonyl (C=O) groups excluding carboxylic acids is 1. The van der Waals surface area contributed by atoms with E-state index >= 15 is 0 Å². The van der Waals surface area contributed by atoms with E-state index in [9.17, 15) is 9.18 Å². The lowest BCUT2D eigenvalue weighted by molar-refractivity contribution is 0.0934. The molecular weight excluding hydrogens is 307 g/mol. The van der Waals surface area contributed by atoms with E-state index in [-0.39, 0.29) is 10.6 Å². The largest absolute Gasteiger partial charge is 0.342 e. The third-order valence-corrected chi connectivity index (χ3v) is 3.49. The van der Waals surface area contributed by atoms with Gasteiger partial charge in [-0.2, -0.15) is 0 Å². The maximum Gasteiger partial charge on any atom is 0.254 e. The molecule has 0 bridgehead atoms. The summed E-state index contributed by atoms with van der Waals surface area (Å²) in [5.74, 6) is -0.629. The molecule has 22 heavy (non-hydrogen) atoms. The highest BCUT2D eigenvalue weighted by Gasteiger charge is 2.18. The van der Waals surface area contributed by atoms with Crippen molar-refractivity contribution >= 4 is 23.2 Å². The number of nitrogens with one attached hydrogen (secondary N) is 1. The monoisotopic (exact) mass is 318 g/mol. The van der Waals surface area contributed by atoms with Gasteiger partial charge in [0.25, 0.3) is 5.91 Å². The molecule has 0 saturated heterocycles. The van der Waals surface area contributed by atoms with Crippen LogP contribution >= 0.6 is 11.6 Å². The summed E-state index contributed by atoms with van der Waals surface area (Å²) in [4.78, 5) is 12.2. The van der Waals surface area contributed by atoms with Gasteiger partial charge in [-0.1, -0.05) is 17.7 Å². The Kier molecular flexibility index (Phi) is 3.77. The molecule has 0 fully saturated rings. The van der Waals surface area contributed by atoms with Crippen LogP contribution in [0.1, 0.15) is 29.1 Å². The first-order valence-corrected chi connectivity index (χ1v) is 6.99. The molecule has 1 atom stereocenters. The van der Waals surface area contributed by atoms with E-state index < -0.39 is 17.8 Å². The third-order valence-electron chi connectivity index (χ3n) is 3.25. The lowest BCUT2D eigenvalue weighted by atomic mass is 10.2. The molecular formula is C15H12ClFN4O. The highest BCUT2D eigenvalue weighted by molar-refractivity contribution is 6.30. The fourth-order valence-corrected chi connectivity index (χ4v) is 2.33. The molecule has 3 aromatic rings. The predicted octanol–water partition coefficient (Wildman–Crippen LogP) is 3.01. The van der Waals surface area contributed by atoms with E-state index in [1.54, 1.807) is 17.5 Å². The molecule has 112 valence electrons. The van der Waals surface area contributed by atoms with Crippen molar-refractivity contribution < 1.29 is 9.18 Å². The second kappa shape index (κ2) is 5.73. The van der Waals surface area contributed by atoms with Gasteiger partial charge >= 0.3 is 0 Å². The highest BCUT2D eigenvalue weighted by atomic mass is 35.5. The van der Waals surface area contributed by atoms with Crippen LogP contribution in [-0.2, 0) is 0 Å². The number of carbonyl (C=O) groups is 1. The van der Waals surface area contributed by atoms with Gasteiger partial charge in [-0.05, 0) is 37.3 Å². The number of rotatable bonds is 3. The maximum absolute atomic E-state index is 13.8. The van der Waals surface area contributed by atoms with Crippen LogP contribution in [0.15, 0.2) is 42.6 Å². The van der Waals surface area contributed by atoms with Crippen LogP contribution in [0.3, 0.4) is 0 Å². The first-order chi connectivity index (χ1) is 10.6. The molecule has 1 aromatic carbocycles. The molecule has 0 saturated carbocycles. The quantitative estimate of drug-likeness (QED) is 0.807. The number of benzene rings is 1. The topological polar surface area (TPSA) is 59.3 Å². The number of fused-ring (bicyclic) bond motifs is 1. The first kappa shape index (κ1) is 14.5. The molecule has 2 aromatic heterocycles. The maximum atomic E-state index is 13.8. The summed E-state index contributed by atoms with van der Waals surface area (Å²) < 4.78 is 15.5. The van der Waals surface area contributed by atoms with Gasteiger partial charge in [0.05, 0.1) is 11.6 Å². The zero-order valence-electron chi connectivity index (χ0n) is 11.6. The average molecular weight is 319 g/mol. The Hall–Kier alpha value is -2.47. The molecule has 0 radical (unpaired) electrons. The fraction of sp³-hybridized carbons (Fsp3) is 0.133. The Labute approximate surface area is 130 Å². The molecule has 0 aliphatic rings. The van der Waals surface area contributed by atoms with Crippen LogP contribution in [0.5, 0.6) is 0 Å². The van der Waals surface area contributed by atoms with Crippen molar-refractivity contribution in [1.29, 1.82) is 0 Å². The van der Waals surface area contributed by atoms with E-state index in [4.69, 9.17) is 11.6 Å². The zero-order valence-corrected chi connectivity index (χ0v) is 12.4. The predicted molar refractivity (Wildman–Crippen MR) is 80.3 cm³/mol. The van der Waals surface area contributed by atoms with Crippen LogP contribution in [0, 0.1) is 5.82 Å². The second-order valence-corrected chi connectivity index (χ2v) is 5.24. The van der Waals surface area contributed by atoms with Gasteiger partial charge in [-0.15, -0.1) is 10.2 Å². The number of aromatic nitrogens is 3. The summed E-state index contributed by atoms with van der Waals surface area (Å²) in [5, 5.41) is 11.0. The zero-order chi connectivity index (χ0) is 15.7. The molecule has 3 rings (SSSR count). The second-order valence-electron chi connectivity index (χ2n) is 4.81. The summed E-state index contributed by atoms with van der Waals surface area (Å²) in [5.41, 5.74) is 0.612. The van der Waals surface area contributed by atoms with E-state index in [1.807, 2.05) is 18.2 Å². The lowest BCUT2D eigenvalue weighted by Crippen LogP contribution is -2.28. The molecule has 7 heteroatoms. The van der Waals surface area contributed by atoms with E-state index in [1.165, 1.54) is 12.1 Å². The van der Waals surface area contributed by atoms with Crippen LogP contribution < -0.4 is 5.32 Å². The fourth-order valence-electron chi connectivity index (χ4n) is 2.17. The minimum absolute atomic E-state index is 0.0647. The molecule has 1 amide bonds. The average Bonchev–Trinajstić information content (AvgIpc) is 2.91. The SMILES string of the molecule is CC(NC(=O)c1ccc(Cl)cc1F)c1nnc2ccccn12. The molecule has 0 spiro atoms. The molecule has 0 aliphatic carbocycles. The van der Waals surface area contributed by atoms with Crippen LogP contribution in [0.25, 0.3) is 5.65 Å². The number of halogens is 2. The van der Waals surface area contributed by atoms with Gasteiger partial charge in [0.1, 0.15) is 5.82 Å². The van der Waals surface area contributed by atoms with Crippen LogP contribution in [0.4, 0.5) is 4.39 Å². The van der Waals surface area contributed by atoms with Crippen molar-refractivity contribution in [2.45, 2.75) is 13.0 Å². The van der Waals surface area contributed by atoms with Gasteiger partial charge in [-0.25, -0.2) is 4.39 Å². The number of amides is 1. The Morgan fingerprint density at radius 3 is 2.91 bits per heavy atom. The van der Waals surface area contributed by atoms with Crippen molar-refractivity contribution in [3.05, 3.63) is 64.8 Å². The van der Waals surface area contributed by atoms with E-state index in [0.29, 0.717) is 11.5 Å². The number of hydrogen-bond acceptors (Lipinski definition) is 3. The minimum Gasteiger partial charge on any atom is -0.342 e. The van der Waals surface area contributed by atoms with Gasteiger partial charge in [0, 0.05) is 11.2 Å². The lowest BCUT2D eigenvalue weighted by Gasteiger charge is -2.12. The molecule has 1 unspecified atom stereocenters. The normalized spacial score (nSPS) is 12.3. The summed E-state index contributed by atoms with van der Waals surface area (Å²) >= 11 is 5.68. The van der Waals surface area contributed by atoms with Gasteiger partial charge < -0.3 is 5.32 Å². The summed E-state index contributed by atoms with van der Waals surface area (Å²) in [7, 11) is 0. The standard InChI is InChI=1S/C15H12ClFN4O/c1-9(14-20-19-13-4-2-3-7-21(13)14)18-15(22)11-6-5-10(16)8-12(11)17/h2-9H,1H3,(H,18,22). The van der Waals surface area contributed by atoms with Crippen LogP contribution in [-0.4, -0.2) is 20.5 Å². The van der Waals surface area contributed by atoms with Crippen molar-refractivity contribution in [1.82, 2.24) is 19.9 Å². The van der Waals surface area contributed by atoms with Gasteiger partial charge in [0.2, 0.25) is 0 Å². The summed E-state index contributed by atoms with van der Waals surface area (Å²) in [6.45, 7) is 1.76. The minimum atomic E-state index is -0.664. The van der Waals surface area contributed by atoms with Crippen molar-refractivity contribution in [3.63, 3.8) is 0 Å². The summed E-state index contributed by atoms with van der Waals surface area (Å²) in [6, 6.07) is 8.99. The third kappa shape index (κ3) is 2.65.